The summed E-state index contributed by atoms with van der Waals surface area (Å²) in [4.78, 5) is 4.36. The molecule has 2 atom stereocenters. The molecule has 0 unspecified atom stereocenters. The lowest BCUT2D eigenvalue weighted by Gasteiger charge is -2.07. The molecule has 5 nitrogen and oxygen atoms in total. The smallest absolute Gasteiger partial charge is 0.255 e. The van der Waals surface area contributed by atoms with Gasteiger partial charge in [-0.15, -0.1) is 0 Å². The number of hydrogen-bond donors (Lipinski definition) is 1. The van der Waals surface area contributed by atoms with Crippen LogP contribution in [0.2, 0.25) is 0 Å². The molecular weight excluding hydrogens is 206 g/mol. The van der Waals surface area contributed by atoms with Crippen LogP contribution in [0.3, 0.4) is 0 Å². The molecule has 2 N–H and O–H groups in total. The van der Waals surface area contributed by atoms with E-state index in [2.05, 4.69) is 24.0 Å². The van der Waals surface area contributed by atoms with Crippen LogP contribution >= 0.6 is 0 Å². The Morgan fingerprint density at radius 1 is 1.44 bits per heavy atom. The molecule has 1 aromatic heterocycles. The fraction of sp³-hybridized carbons (Fsp3) is 0.818. The van der Waals surface area contributed by atoms with E-state index in [4.69, 9.17) is 15.0 Å². The lowest BCUT2D eigenvalue weighted by Crippen LogP contribution is -2.18. The third-order valence-corrected chi connectivity index (χ3v) is 2.72. The molecule has 0 aliphatic carbocycles. The second-order valence-electron chi connectivity index (χ2n) is 4.71. The van der Waals surface area contributed by atoms with Crippen LogP contribution in [0.1, 0.15) is 44.5 Å². The highest BCUT2D eigenvalue weighted by molar-refractivity contribution is 4.94. The zero-order valence-electron chi connectivity index (χ0n) is 9.85. The zero-order chi connectivity index (χ0) is 11.5. The van der Waals surface area contributed by atoms with Gasteiger partial charge in [-0.2, -0.15) is 4.98 Å². The van der Waals surface area contributed by atoms with Crippen molar-refractivity contribution in [2.75, 3.05) is 6.54 Å². The van der Waals surface area contributed by atoms with Crippen LogP contribution < -0.4 is 5.73 Å². The van der Waals surface area contributed by atoms with Crippen LogP contribution in [0.15, 0.2) is 4.52 Å². The lowest BCUT2D eigenvalue weighted by molar-refractivity contribution is 0.0307. The molecule has 0 aromatic carbocycles. The van der Waals surface area contributed by atoms with Crippen molar-refractivity contribution < 1.29 is 9.26 Å². The Bertz CT molecular complexity index is 338. The van der Waals surface area contributed by atoms with E-state index < -0.39 is 0 Å². The predicted octanol–water partition coefficient (Wildman–Crippen LogP) is 1.45. The van der Waals surface area contributed by atoms with E-state index in [0.29, 0.717) is 18.4 Å². The van der Waals surface area contributed by atoms with E-state index in [9.17, 15) is 0 Å². The first-order valence-corrected chi connectivity index (χ1v) is 5.87. The van der Waals surface area contributed by atoms with E-state index in [1.54, 1.807) is 0 Å². The van der Waals surface area contributed by atoms with Gasteiger partial charge < -0.3 is 15.0 Å². The molecule has 0 saturated carbocycles. The Hall–Kier alpha value is -0.940. The number of ether oxygens (including phenoxy) is 1. The Kier molecular flexibility index (Phi) is 3.56. The van der Waals surface area contributed by atoms with E-state index in [1.165, 1.54) is 0 Å². The summed E-state index contributed by atoms with van der Waals surface area (Å²) in [6.45, 7) is 4.82. The Balaban J connectivity index is 1.97. The normalized spacial score (nSPS) is 25.5. The molecule has 0 amide bonds. The summed E-state index contributed by atoms with van der Waals surface area (Å²) in [5.41, 5.74) is 5.55. The largest absolute Gasteiger partial charge is 0.364 e. The van der Waals surface area contributed by atoms with Gasteiger partial charge in [-0.05, 0) is 18.8 Å². The summed E-state index contributed by atoms with van der Waals surface area (Å²) >= 11 is 0. The minimum Gasteiger partial charge on any atom is -0.364 e. The van der Waals surface area contributed by atoms with E-state index in [-0.39, 0.29) is 12.2 Å². The van der Waals surface area contributed by atoms with Gasteiger partial charge in [0.1, 0.15) is 6.10 Å². The van der Waals surface area contributed by atoms with Crippen LogP contribution in [0.4, 0.5) is 0 Å². The first kappa shape index (κ1) is 11.5. The molecule has 1 aliphatic rings. The van der Waals surface area contributed by atoms with Gasteiger partial charge in [0, 0.05) is 13.0 Å². The van der Waals surface area contributed by atoms with Crippen LogP contribution in [0, 0.1) is 5.92 Å². The molecule has 1 aromatic rings. The van der Waals surface area contributed by atoms with Gasteiger partial charge in [0.05, 0.1) is 6.10 Å². The van der Waals surface area contributed by atoms with E-state index >= 15 is 0 Å². The molecule has 5 heteroatoms. The molecule has 1 fully saturated rings. The maximum Gasteiger partial charge on any atom is 0.255 e. The molecular formula is C11H19N3O2. The molecule has 2 rings (SSSR count). The van der Waals surface area contributed by atoms with Crippen molar-refractivity contribution in [1.29, 1.82) is 0 Å². The van der Waals surface area contributed by atoms with Crippen molar-refractivity contribution in [3.8, 4) is 0 Å². The van der Waals surface area contributed by atoms with Gasteiger partial charge in [0.15, 0.2) is 5.82 Å². The van der Waals surface area contributed by atoms with Gasteiger partial charge in [-0.25, -0.2) is 0 Å². The SMILES string of the molecule is CC(C)Cc1noc([C@@H]2CC[C@@H](CN)O2)n1. The van der Waals surface area contributed by atoms with Crippen LogP contribution in [0.5, 0.6) is 0 Å². The zero-order valence-corrected chi connectivity index (χ0v) is 9.85. The number of nitrogens with zero attached hydrogens (tertiary/aromatic N) is 2. The number of nitrogens with two attached hydrogens (primary N) is 1. The molecule has 0 bridgehead atoms. The van der Waals surface area contributed by atoms with Gasteiger partial charge in [0.2, 0.25) is 0 Å². The van der Waals surface area contributed by atoms with Crippen LogP contribution in [-0.2, 0) is 11.2 Å². The standard InChI is InChI=1S/C11H19N3O2/c1-7(2)5-10-13-11(16-14-10)9-4-3-8(6-12)15-9/h7-9H,3-6,12H2,1-2H3/t8-,9-/m0/s1. The highest BCUT2D eigenvalue weighted by atomic mass is 16.5. The highest BCUT2D eigenvalue weighted by Gasteiger charge is 2.29. The van der Waals surface area contributed by atoms with E-state index in [0.717, 1.165) is 25.1 Å². The minimum atomic E-state index is -0.0537. The van der Waals surface area contributed by atoms with Gasteiger partial charge in [-0.3, -0.25) is 0 Å². The predicted molar refractivity (Wildman–Crippen MR) is 58.7 cm³/mol. The molecule has 0 spiro atoms. The van der Waals surface area contributed by atoms with Crippen molar-refractivity contribution in [3.63, 3.8) is 0 Å². The van der Waals surface area contributed by atoms with Crippen molar-refractivity contribution >= 4 is 0 Å². The quantitative estimate of drug-likeness (QED) is 0.839. The summed E-state index contributed by atoms with van der Waals surface area (Å²) in [6, 6.07) is 0. The molecule has 16 heavy (non-hydrogen) atoms. The topological polar surface area (TPSA) is 74.2 Å². The van der Waals surface area contributed by atoms with Crippen LogP contribution in [0.25, 0.3) is 0 Å². The third kappa shape index (κ3) is 2.59. The second kappa shape index (κ2) is 4.93. The number of aromatic nitrogens is 2. The molecule has 0 radical (unpaired) electrons. The fourth-order valence-corrected chi connectivity index (χ4v) is 1.91. The number of hydrogen-bond acceptors (Lipinski definition) is 5. The van der Waals surface area contributed by atoms with Crippen LogP contribution in [-0.4, -0.2) is 22.8 Å². The van der Waals surface area contributed by atoms with Gasteiger partial charge >= 0.3 is 0 Å². The Morgan fingerprint density at radius 2 is 2.25 bits per heavy atom. The summed E-state index contributed by atoms with van der Waals surface area (Å²) in [5, 5.41) is 3.95. The Labute approximate surface area is 95.3 Å². The minimum absolute atomic E-state index is 0.0537. The Morgan fingerprint density at radius 3 is 2.88 bits per heavy atom. The first-order valence-electron chi connectivity index (χ1n) is 5.87. The summed E-state index contributed by atoms with van der Waals surface area (Å²) in [5.74, 6) is 1.91. The van der Waals surface area contributed by atoms with Crippen molar-refractivity contribution in [1.82, 2.24) is 10.1 Å². The summed E-state index contributed by atoms with van der Waals surface area (Å²) < 4.78 is 10.9. The average Bonchev–Trinajstić information content (AvgIpc) is 2.83. The fourth-order valence-electron chi connectivity index (χ4n) is 1.91. The maximum absolute atomic E-state index is 5.69. The molecule has 90 valence electrons. The first-order chi connectivity index (χ1) is 7.69. The number of rotatable bonds is 4. The second-order valence-corrected chi connectivity index (χ2v) is 4.71. The maximum atomic E-state index is 5.69. The summed E-state index contributed by atoms with van der Waals surface area (Å²) in [6.07, 6.45) is 2.83. The molecule has 1 saturated heterocycles. The summed E-state index contributed by atoms with van der Waals surface area (Å²) in [7, 11) is 0. The third-order valence-electron chi connectivity index (χ3n) is 2.72. The lowest BCUT2D eigenvalue weighted by atomic mass is 10.1. The van der Waals surface area contributed by atoms with Crippen molar-refractivity contribution in [2.45, 2.75) is 45.3 Å². The van der Waals surface area contributed by atoms with Crippen molar-refractivity contribution in [2.24, 2.45) is 11.7 Å². The van der Waals surface area contributed by atoms with Gasteiger partial charge in [-0.1, -0.05) is 19.0 Å². The van der Waals surface area contributed by atoms with Gasteiger partial charge in [0.25, 0.3) is 5.89 Å². The highest BCUT2D eigenvalue weighted by Crippen LogP contribution is 2.31. The average molecular weight is 225 g/mol. The van der Waals surface area contributed by atoms with E-state index in [1.807, 2.05) is 0 Å². The monoisotopic (exact) mass is 225 g/mol. The molecule has 1 aliphatic heterocycles. The molecule has 2 heterocycles. The van der Waals surface area contributed by atoms with Crippen molar-refractivity contribution in [3.05, 3.63) is 11.7 Å².